The van der Waals surface area contributed by atoms with Crippen molar-refractivity contribution in [1.82, 2.24) is 5.32 Å². The van der Waals surface area contributed by atoms with Gasteiger partial charge in [0.05, 0.1) is 17.0 Å². The quantitative estimate of drug-likeness (QED) is 0.732. The average molecular weight is 381 g/mol. The van der Waals surface area contributed by atoms with Gasteiger partial charge in [-0.15, -0.1) is 0 Å². The van der Waals surface area contributed by atoms with E-state index in [0.29, 0.717) is 12.2 Å². The van der Waals surface area contributed by atoms with Crippen molar-refractivity contribution in [2.45, 2.75) is 38.1 Å². The number of benzene rings is 1. The minimum atomic E-state index is -3.12. The Hall–Kier alpha value is -2.09. The lowest BCUT2D eigenvalue weighted by atomic mass is 10.0. The van der Waals surface area contributed by atoms with Crippen LogP contribution in [-0.2, 0) is 37.0 Å². The van der Waals surface area contributed by atoms with E-state index in [4.69, 9.17) is 9.47 Å². The molecule has 0 spiro atoms. The van der Waals surface area contributed by atoms with Crippen LogP contribution in [0.25, 0.3) is 0 Å². The average Bonchev–Trinajstić information content (AvgIpc) is 3.14. The Kier molecular flexibility index (Phi) is 5.22. The lowest BCUT2D eigenvalue weighted by Gasteiger charge is -2.23. The highest BCUT2D eigenvalue weighted by Gasteiger charge is 2.39. The number of hydrogen-bond donors (Lipinski definition) is 1. The number of ether oxygens (including phenoxy) is 2. The molecule has 8 heteroatoms. The molecule has 142 valence electrons. The van der Waals surface area contributed by atoms with Crippen molar-refractivity contribution in [3.05, 3.63) is 29.3 Å². The van der Waals surface area contributed by atoms with E-state index in [1.165, 1.54) is 11.1 Å². The highest BCUT2D eigenvalue weighted by Crippen LogP contribution is 2.26. The van der Waals surface area contributed by atoms with Crippen LogP contribution in [0.4, 0.5) is 0 Å². The van der Waals surface area contributed by atoms with E-state index in [2.05, 4.69) is 5.32 Å². The standard InChI is InChI=1S/C18H23NO6S/c1-18(7-8-26(22,23)12-18)19-16(20)10-25-17(21)11-24-15-6-5-13-3-2-4-14(13)9-15/h5-6,9H,2-4,7-8,10-12H2,1H3,(H,19,20)/t18-/m1/s1. The fraction of sp³-hybridized carbons (Fsp3) is 0.556. The van der Waals surface area contributed by atoms with Gasteiger partial charge in [0, 0.05) is 0 Å². The number of carbonyl (C=O) groups is 2. The molecular formula is C18H23NO6S. The number of rotatable bonds is 6. The number of amides is 1. The maximum Gasteiger partial charge on any atom is 0.344 e. The molecule has 1 fully saturated rings. The topological polar surface area (TPSA) is 98.8 Å². The summed E-state index contributed by atoms with van der Waals surface area (Å²) in [5.74, 6) is -0.602. The summed E-state index contributed by atoms with van der Waals surface area (Å²) >= 11 is 0. The third-order valence-corrected chi connectivity index (χ3v) is 6.64. The smallest absolute Gasteiger partial charge is 0.344 e. The zero-order valence-corrected chi connectivity index (χ0v) is 15.6. The van der Waals surface area contributed by atoms with Crippen molar-refractivity contribution in [1.29, 1.82) is 0 Å². The molecule has 1 atom stereocenters. The van der Waals surface area contributed by atoms with Crippen molar-refractivity contribution in [3.63, 3.8) is 0 Å². The van der Waals surface area contributed by atoms with Gasteiger partial charge in [0.2, 0.25) is 0 Å². The number of fused-ring (bicyclic) bond motifs is 1. The van der Waals surface area contributed by atoms with Gasteiger partial charge in [-0.2, -0.15) is 0 Å². The molecule has 26 heavy (non-hydrogen) atoms. The van der Waals surface area contributed by atoms with Crippen LogP contribution in [0.15, 0.2) is 18.2 Å². The zero-order valence-electron chi connectivity index (χ0n) is 14.7. The first-order valence-corrected chi connectivity index (χ1v) is 10.5. The molecule has 1 aromatic carbocycles. The Morgan fingerprint density at radius 3 is 2.69 bits per heavy atom. The number of nitrogens with one attached hydrogen (secondary N) is 1. The van der Waals surface area contributed by atoms with Crippen LogP contribution in [0.5, 0.6) is 5.75 Å². The van der Waals surface area contributed by atoms with Gasteiger partial charge in [0.25, 0.3) is 5.91 Å². The molecule has 1 aromatic rings. The first-order valence-electron chi connectivity index (χ1n) is 8.66. The molecule has 1 heterocycles. The van der Waals surface area contributed by atoms with Gasteiger partial charge < -0.3 is 14.8 Å². The van der Waals surface area contributed by atoms with Gasteiger partial charge in [-0.05, 0) is 55.9 Å². The fourth-order valence-electron chi connectivity index (χ4n) is 3.45. The van der Waals surface area contributed by atoms with Crippen LogP contribution in [0.3, 0.4) is 0 Å². The second-order valence-electron chi connectivity index (χ2n) is 7.18. The Balaban J connectivity index is 1.40. The second-order valence-corrected chi connectivity index (χ2v) is 9.37. The molecule has 0 unspecified atom stereocenters. The molecule has 1 N–H and O–H groups in total. The van der Waals surface area contributed by atoms with Gasteiger partial charge >= 0.3 is 5.97 Å². The van der Waals surface area contributed by atoms with Crippen LogP contribution in [0.2, 0.25) is 0 Å². The number of hydrogen-bond acceptors (Lipinski definition) is 6. The summed E-state index contributed by atoms with van der Waals surface area (Å²) in [6, 6.07) is 5.77. The summed E-state index contributed by atoms with van der Waals surface area (Å²) < 4.78 is 33.4. The molecule has 3 rings (SSSR count). The number of sulfone groups is 1. The Bertz CT molecular complexity index is 819. The van der Waals surface area contributed by atoms with Crippen molar-refractivity contribution >= 4 is 21.7 Å². The molecule has 1 aliphatic carbocycles. The minimum Gasteiger partial charge on any atom is -0.482 e. The van der Waals surface area contributed by atoms with E-state index in [0.717, 1.165) is 19.3 Å². The van der Waals surface area contributed by atoms with E-state index in [-0.39, 0.29) is 18.1 Å². The molecule has 0 radical (unpaired) electrons. The van der Waals surface area contributed by atoms with E-state index >= 15 is 0 Å². The van der Waals surface area contributed by atoms with Gasteiger partial charge in [-0.3, -0.25) is 4.79 Å². The monoisotopic (exact) mass is 381 g/mol. The van der Waals surface area contributed by atoms with Crippen molar-refractivity contribution < 1.29 is 27.5 Å². The maximum atomic E-state index is 11.9. The molecule has 1 saturated heterocycles. The summed E-state index contributed by atoms with van der Waals surface area (Å²) in [6.07, 6.45) is 3.59. The van der Waals surface area contributed by atoms with Crippen LogP contribution in [-0.4, -0.2) is 50.6 Å². The van der Waals surface area contributed by atoms with Crippen LogP contribution < -0.4 is 10.1 Å². The van der Waals surface area contributed by atoms with E-state index in [1.54, 1.807) is 6.92 Å². The predicted molar refractivity (Wildman–Crippen MR) is 94.7 cm³/mol. The Morgan fingerprint density at radius 2 is 1.96 bits per heavy atom. The predicted octanol–water partition coefficient (Wildman–Crippen LogP) is 0.791. The Morgan fingerprint density at radius 1 is 1.19 bits per heavy atom. The van der Waals surface area contributed by atoms with Gasteiger partial charge in [-0.25, -0.2) is 13.2 Å². The van der Waals surface area contributed by atoms with E-state index in [9.17, 15) is 18.0 Å². The zero-order chi connectivity index (χ0) is 18.8. The van der Waals surface area contributed by atoms with Gasteiger partial charge in [0.15, 0.2) is 23.1 Å². The number of carbonyl (C=O) groups excluding carboxylic acids is 2. The van der Waals surface area contributed by atoms with E-state index in [1.807, 2.05) is 18.2 Å². The van der Waals surface area contributed by atoms with Gasteiger partial charge in [-0.1, -0.05) is 6.07 Å². The summed E-state index contributed by atoms with van der Waals surface area (Å²) in [6.45, 7) is 0.938. The molecular weight excluding hydrogens is 358 g/mol. The lowest BCUT2D eigenvalue weighted by molar-refractivity contribution is -0.150. The van der Waals surface area contributed by atoms with Crippen molar-refractivity contribution in [2.24, 2.45) is 0 Å². The molecule has 0 saturated carbocycles. The van der Waals surface area contributed by atoms with Gasteiger partial charge in [0.1, 0.15) is 5.75 Å². The summed E-state index contributed by atoms with van der Waals surface area (Å²) in [5.41, 5.74) is 1.76. The largest absolute Gasteiger partial charge is 0.482 e. The van der Waals surface area contributed by atoms with Crippen LogP contribution in [0.1, 0.15) is 30.9 Å². The third-order valence-electron chi connectivity index (χ3n) is 4.74. The summed E-state index contributed by atoms with van der Waals surface area (Å²) in [4.78, 5) is 23.6. The normalized spacial score (nSPS) is 23.3. The lowest BCUT2D eigenvalue weighted by Crippen LogP contribution is -2.48. The SMILES string of the molecule is C[C@@]1(NC(=O)COC(=O)COc2ccc3c(c2)CCC3)CCS(=O)(=O)C1. The first kappa shape index (κ1) is 18.7. The fourth-order valence-corrected chi connectivity index (χ4v) is 5.54. The third kappa shape index (κ3) is 4.75. The second kappa shape index (κ2) is 7.26. The highest BCUT2D eigenvalue weighted by atomic mass is 32.2. The van der Waals surface area contributed by atoms with E-state index < -0.39 is 33.9 Å². The molecule has 2 aliphatic rings. The van der Waals surface area contributed by atoms with Crippen molar-refractivity contribution in [3.8, 4) is 5.75 Å². The molecule has 0 aromatic heterocycles. The van der Waals surface area contributed by atoms with Crippen LogP contribution >= 0.6 is 0 Å². The number of esters is 1. The van der Waals surface area contributed by atoms with Crippen LogP contribution in [0, 0.1) is 0 Å². The maximum absolute atomic E-state index is 11.9. The molecule has 1 amide bonds. The molecule has 7 nitrogen and oxygen atoms in total. The molecule has 0 bridgehead atoms. The highest BCUT2D eigenvalue weighted by molar-refractivity contribution is 7.91. The summed E-state index contributed by atoms with van der Waals surface area (Å²) in [7, 11) is -3.12. The minimum absolute atomic E-state index is 0.0538. The number of aryl methyl sites for hydroxylation is 2. The summed E-state index contributed by atoms with van der Waals surface area (Å²) in [5, 5.41) is 2.63. The molecule has 1 aliphatic heterocycles. The van der Waals surface area contributed by atoms with Crippen molar-refractivity contribution in [2.75, 3.05) is 24.7 Å². The first-order chi connectivity index (χ1) is 12.2. The Labute approximate surface area is 153 Å².